The van der Waals surface area contributed by atoms with Crippen LogP contribution in [0.1, 0.15) is 25.2 Å². The Morgan fingerprint density at radius 3 is 2.57 bits per heavy atom. The Hall–Kier alpha value is -1.94. The molecule has 1 aromatic carbocycles. The lowest BCUT2D eigenvalue weighted by molar-refractivity contribution is 0.301. The van der Waals surface area contributed by atoms with Crippen LogP contribution in [0.3, 0.4) is 0 Å². The van der Waals surface area contributed by atoms with Crippen LogP contribution in [0.2, 0.25) is 0 Å². The standard InChI is InChI=1S/C17H21N3O/c1-12-18-9-14(10-19-12)13-4-5-15-16(8-13)20(6-7-21)11-17(15,2)3/h4-5,8-10,21H,6-7,11H2,1-3H3. The predicted octanol–water partition coefficient (Wildman–Crippen LogP) is 2.54. The number of hydrogen-bond donors (Lipinski definition) is 1. The molecule has 0 aliphatic carbocycles. The highest BCUT2D eigenvalue weighted by Gasteiger charge is 2.34. The molecule has 0 unspecified atom stereocenters. The molecule has 110 valence electrons. The summed E-state index contributed by atoms with van der Waals surface area (Å²) in [6, 6.07) is 6.52. The highest BCUT2D eigenvalue weighted by molar-refractivity contribution is 5.73. The molecule has 2 heterocycles. The molecule has 0 bridgehead atoms. The zero-order valence-corrected chi connectivity index (χ0v) is 12.8. The second-order valence-corrected chi connectivity index (χ2v) is 6.28. The fourth-order valence-electron chi connectivity index (χ4n) is 3.05. The second-order valence-electron chi connectivity index (χ2n) is 6.28. The van der Waals surface area contributed by atoms with E-state index >= 15 is 0 Å². The molecule has 0 fully saturated rings. The maximum absolute atomic E-state index is 9.28. The fourth-order valence-corrected chi connectivity index (χ4v) is 3.05. The van der Waals surface area contributed by atoms with Crippen LogP contribution in [-0.2, 0) is 5.41 Å². The summed E-state index contributed by atoms with van der Waals surface area (Å²) < 4.78 is 0. The summed E-state index contributed by atoms with van der Waals surface area (Å²) in [5.41, 5.74) is 4.82. The summed E-state index contributed by atoms with van der Waals surface area (Å²) in [6.45, 7) is 8.17. The van der Waals surface area contributed by atoms with Gasteiger partial charge in [0, 0.05) is 42.1 Å². The van der Waals surface area contributed by atoms with E-state index < -0.39 is 0 Å². The first kappa shape index (κ1) is 14.0. The molecule has 0 radical (unpaired) electrons. The molecule has 0 amide bonds. The summed E-state index contributed by atoms with van der Waals surface area (Å²) in [5.74, 6) is 0.781. The van der Waals surface area contributed by atoms with E-state index in [0.29, 0.717) is 6.54 Å². The normalized spacial score (nSPS) is 16.1. The minimum Gasteiger partial charge on any atom is -0.395 e. The number of hydrogen-bond acceptors (Lipinski definition) is 4. The number of anilines is 1. The molecule has 0 atom stereocenters. The molecular weight excluding hydrogens is 262 g/mol. The van der Waals surface area contributed by atoms with Crippen LogP contribution in [0.4, 0.5) is 5.69 Å². The molecular formula is C17H21N3O. The smallest absolute Gasteiger partial charge is 0.125 e. The van der Waals surface area contributed by atoms with Crippen LogP contribution < -0.4 is 4.90 Å². The van der Waals surface area contributed by atoms with Crippen molar-refractivity contribution in [3.8, 4) is 11.1 Å². The van der Waals surface area contributed by atoms with Gasteiger partial charge >= 0.3 is 0 Å². The summed E-state index contributed by atoms with van der Waals surface area (Å²) in [5, 5.41) is 9.28. The number of nitrogens with zero attached hydrogens (tertiary/aromatic N) is 3. The van der Waals surface area contributed by atoms with E-state index in [9.17, 15) is 5.11 Å². The third kappa shape index (κ3) is 2.51. The number of aliphatic hydroxyl groups is 1. The first-order valence-electron chi connectivity index (χ1n) is 7.30. The van der Waals surface area contributed by atoms with Crippen molar-refractivity contribution < 1.29 is 5.11 Å². The first-order valence-corrected chi connectivity index (χ1v) is 7.30. The van der Waals surface area contributed by atoms with Crippen LogP contribution in [0, 0.1) is 6.92 Å². The van der Waals surface area contributed by atoms with Crippen LogP contribution in [0.5, 0.6) is 0 Å². The van der Waals surface area contributed by atoms with Crippen LogP contribution in [0.25, 0.3) is 11.1 Å². The molecule has 1 aliphatic rings. The molecule has 0 spiro atoms. The lowest BCUT2D eigenvalue weighted by Crippen LogP contribution is -2.30. The van der Waals surface area contributed by atoms with Gasteiger partial charge in [0.05, 0.1) is 6.61 Å². The molecule has 3 rings (SSSR count). The number of fused-ring (bicyclic) bond motifs is 1. The minimum absolute atomic E-state index is 0.118. The van der Waals surface area contributed by atoms with E-state index in [2.05, 4.69) is 46.9 Å². The lowest BCUT2D eigenvalue weighted by atomic mass is 9.86. The van der Waals surface area contributed by atoms with Gasteiger partial charge in [0.15, 0.2) is 0 Å². The molecule has 1 aliphatic heterocycles. The average molecular weight is 283 g/mol. The molecule has 0 saturated heterocycles. The van der Waals surface area contributed by atoms with Crippen LogP contribution in [0.15, 0.2) is 30.6 Å². The SMILES string of the molecule is Cc1ncc(-c2ccc3c(c2)N(CCO)CC3(C)C)cn1. The third-order valence-electron chi connectivity index (χ3n) is 4.14. The van der Waals surface area contributed by atoms with Crippen molar-refractivity contribution in [3.63, 3.8) is 0 Å². The lowest BCUT2D eigenvalue weighted by Gasteiger charge is -2.21. The molecule has 1 N–H and O–H groups in total. The van der Waals surface area contributed by atoms with Crippen molar-refractivity contribution >= 4 is 5.69 Å². The number of rotatable bonds is 3. The average Bonchev–Trinajstić information content (AvgIpc) is 2.71. The number of aromatic nitrogens is 2. The van der Waals surface area contributed by atoms with Crippen molar-refractivity contribution in [2.45, 2.75) is 26.2 Å². The Morgan fingerprint density at radius 2 is 1.90 bits per heavy atom. The second kappa shape index (κ2) is 5.11. The van der Waals surface area contributed by atoms with E-state index in [0.717, 1.165) is 23.5 Å². The van der Waals surface area contributed by atoms with Gasteiger partial charge in [0.25, 0.3) is 0 Å². The molecule has 0 saturated carbocycles. The van der Waals surface area contributed by atoms with Crippen molar-refractivity contribution in [2.75, 3.05) is 24.6 Å². The minimum atomic E-state index is 0.118. The Morgan fingerprint density at radius 1 is 1.19 bits per heavy atom. The highest BCUT2D eigenvalue weighted by atomic mass is 16.3. The summed E-state index contributed by atoms with van der Waals surface area (Å²) in [6.07, 6.45) is 3.72. The zero-order chi connectivity index (χ0) is 15.0. The molecule has 4 nitrogen and oxygen atoms in total. The third-order valence-corrected chi connectivity index (χ3v) is 4.14. The van der Waals surface area contributed by atoms with Gasteiger partial charge in [0.1, 0.15) is 5.82 Å². The number of benzene rings is 1. The largest absolute Gasteiger partial charge is 0.395 e. The summed E-state index contributed by atoms with van der Waals surface area (Å²) >= 11 is 0. The Kier molecular flexibility index (Phi) is 3.41. The Labute approximate surface area is 125 Å². The number of aryl methyl sites for hydroxylation is 1. The summed E-state index contributed by atoms with van der Waals surface area (Å²) in [7, 11) is 0. The fraction of sp³-hybridized carbons (Fsp3) is 0.412. The number of β-amino-alcohol motifs (C(OH)–C–C–N with tert-alkyl or cyclic N) is 1. The molecule has 21 heavy (non-hydrogen) atoms. The molecule has 1 aromatic heterocycles. The van der Waals surface area contributed by atoms with Gasteiger partial charge in [-0.05, 0) is 24.1 Å². The van der Waals surface area contributed by atoms with E-state index in [-0.39, 0.29) is 12.0 Å². The van der Waals surface area contributed by atoms with Crippen molar-refractivity contribution in [1.82, 2.24) is 9.97 Å². The van der Waals surface area contributed by atoms with Crippen molar-refractivity contribution in [2.24, 2.45) is 0 Å². The van der Waals surface area contributed by atoms with Crippen LogP contribution >= 0.6 is 0 Å². The number of aliphatic hydroxyl groups excluding tert-OH is 1. The van der Waals surface area contributed by atoms with Crippen LogP contribution in [-0.4, -0.2) is 34.8 Å². The maximum atomic E-state index is 9.28. The van der Waals surface area contributed by atoms with E-state index in [1.54, 1.807) is 0 Å². The zero-order valence-electron chi connectivity index (χ0n) is 12.8. The Balaban J connectivity index is 2.04. The van der Waals surface area contributed by atoms with Gasteiger partial charge in [-0.15, -0.1) is 0 Å². The Bertz CT molecular complexity index is 650. The van der Waals surface area contributed by atoms with Gasteiger partial charge in [-0.1, -0.05) is 26.0 Å². The van der Waals surface area contributed by atoms with Crippen molar-refractivity contribution in [1.29, 1.82) is 0 Å². The highest BCUT2D eigenvalue weighted by Crippen LogP contribution is 2.42. The van der Waals surface area contributed by atoms with Gasteiger partial charge in [-0.2, -0.15) is 0 Å². The monoisotopic (exact) mass is 283 g/mol. The predicted molar refractivity (Wildman–Crippen MR) is 84.5 cm³/mol. The van der Waals surface area contributed by atoms with Crippen molar-refractivity contribution in [3.05, 3.63) is 42.0 Å². The van der Waals surface area contributed by atoms with Gasteiger partial charge < -0.3 is 10.0 Å². The maximum Gasteiger partial charge on any atom is 0.125 e. The van der Waals surface area contributed by atoms with Gasteiger partial charge in [0.2, 0.25) is 0 Å². The van der Waals surface area contributed by atoms with E-state index in [1.165, 1.54) is 11.3 Å². The molecule has 4 heteroatoms. The van der Waals surface area contributed by atoms with Gasteiger partial charge in [-0.25, -0.2) is 9.97 Å². The first-order chi connectivity index (χ1) is 10.0. The van der Waals surface area contributed by atoms with E-state index in [1.807, 2.05) is 19.3 Å². The quantitative estimate of drug-likeness (QED) is 0.940. The summed E-state index contributed by atoms with van der Waals surface area (Å²) in [4.78, 5) is 10.8. The molecule has 2 aromatic rings. The van der Waals surface area contributed by atoms with E-state index in [4.69, 9.17) is 0 Å². The van der Waals surface area contributed by atoms with Gasteiger partial charge in [-0.3, -0.25) is 0 Å². The topological polar surface area (TPSA) is 49.2 Å².